The van der Waals surface area contributed by atoms with E-state index in [1.807, 2.05) is 0 Å². The van der Waals surface area contributed by atoms with Crippen molar-refractivity contribution in [1.29, 1.82) is 0 Å². The number of alkyl halides is 2. The number of nitrogens with two attached hydrogens (primary N) is 1. The van der Waals surface area contributed by atoms with Crippen LogP contribution in [0.3, 0.4) is 0 Å². The molecule has 15 heavy (non-hydrogen) atoms. The minimum absolute atomic E-state index is 0.209. The van der Waals surface area contributed by atoms with Gasteiger partial charge in [0.1, 0.15) is 16.6 Å². The lowest BCUT2D eigenvalue weighted by atomic mass is 10.2. The molecule has 0 spiro atoms. The fourth-order valence-corrected chi connectivity index (χ4v) is 1.26. The summed E-state index contributed by atoms with van der Waals surface area (Å²) >= 11 is 5.47. The smallest absolute Gasteiger partial charge is 0.270 e. The van der Waals surface area contributed by atoms with Gasteiger partial charge in [-0.2, -0.15) is 0 Å². The molecule has 7 heteroatoms. The summed E-state index contributed by atoms with van der Waals surface area (Å²) in [6.07, 6.45) is -2.83. The second-order valence-electron chi connectivity index (χ2n) is 2.58. The third-order valence-electron chi connectivity index (χ3n) is 1.66. The first kappa shape index (κ1) is 11.6. The normalized spacial score (nSPS) is 10.5. The van der Waals surface area contributed by atoms with Crippen LogP contribution in [-0.4, -0.2) is 18.0 Å². The van der Waals surface area contributed by atoms with Crippen LogP contribution in [0.25, 0.3) is 0 Å². The minimum Gasteiger partial charge on any atom is -0.496 e. The molecule has 0 saturated carbocycles. The highest BCUT2D eigenvalue weighted by atomic mass is 35.5. The van der Waals surface area contributed by atoms with Gasteiger partial charge in [-0.15, -0.1) is 0 Å². The summed E-state index contributed by atoms with van der Waals surface area (Å²) in [5.74, 6) is -1.07. The van der Waals surface area contributed by atoms with Gasteiger partial charge in [-0.05, 0) is 0 Å². The molecule has 0 aliphatic carbocycles. The van der Waals surface area contributed by atoms with E-state index in [1.165, 1.54) is 7.11 Å². The monoisotopic (exact) mass is 236 g/mol. The third kappa shape index (κ3) is 2.33. The molecule has 2 N–H and O–H groups in total. The lowest BCUT2D eigenvalue weighted by molar-refractivity contribution is 0.0994. The van der Waals surface area contributed by atoms with Crippen molar-refractivity contribution in [2.24, 2.45) is 5.73 Å². The molecule has 1 heterocycles. The first-order valence-corrected chi connectivity index (χ1v) is 4.17. The summed E-state index contributed by atoms with van der Waals surface area (Å²) in [5, 5.41) is -0.488. The molecule has 0 aliphatic heterocycles. The van der Waals surface area contributed by atoms with Crippen LogP contribution >= 0.6 is 11.6 Å². The quantitative estimate of drug-likeness (QED) is 0.814. The van der Waals surface area contributed by atoms with Gasteiger partial charge in [-0.25, -0.2) is 13.8 Å². The first-order valence-electron chi connectivity index (χ1n) is 3.79. The Kier molecular flexibility index (Phi) is 3.41. The number of nitrogens with zero attached hydrogens (tertiary/aromatic N) is 1. The zero-order chi connectivity index (χ0) is 11.6. The largest absolute Gasteiger partial charge is 0.496 e. The van der Waals surface area contributed by atoms with Crippen LogP contribution in [0.2, 0.25) is 5.15 Å². The van der Waals surface area contributed by atoms with Crippen molar-refractivity contribution in [1.82, 2.24) is 4.98 Å². The van der Waals surface area contributed by atoms with E-state index in [0.29, 0.717) is 0 Å². The fourth-order valence-electron chi connectivity index (χ4n) is 0.995. The van der Waals surface area contributed by atoms with Crippen molar-refractivity contribution in [3.8, 4) is 5.75 Å². The number of hydrogen-bond acceptors (Lipinski definition) is 3. The molecule has 1 aromatic rings. The Labute approximate surface area is 89.0 Å². The van der Waals surface area contributed by atoms with Crippen LogP contribution < -0.4 is 10.5 Å². The molecule has 0 atom stereocenters. The number of aromatic nitrogens is 1. The average Bonchev–Trinajstić information content (AvgIpc) is 2.15. The summed E-state index contributed by atoms with van der Waals surface area (Å²) < 4.78 is 29.6. The summed E-state index contributed by atoms with van der Waals surface area (Å²) in [4.78, 5) is 14.2. The van der Waals surface area contributed by atoms with Crippen LogP contribution in [0.1, 0.15) is 22.5 Å². The molecular weight excluding hydrogens is 230 g/mol. The highest BCUT2D eigenvalue weighted by Gasteiger charge is 2.21. The predicted molar refractivity (Wildman–Crippen MR) is 49.3 cm³/mol. The highest BCUT2D eigenvalue weighted by molar-refractivity contribution is 6.30. The number of halogens is 3. The van der Waals surface area contributed by atoms with Gasteiger partial charge in [0.05, 0.1) is 12.7 Å². The maximum Gasteiger partial charge on any atom is 0.270 e. The second kappa shape index (κ2) is 4.39. The Bertz CT molecular complexity index is 398. The van der Waals surface area contributed by atoms with Crippen molar-refractivity contribution >= 4 is 17.5 Å². The van der Waals surface area contributed by atoms with Gasteiger partial charge in [-0.3, -0.25) is 4.79 Å². The van der Waals surface area contributed by atoms with E-state index in [2.05, 4.69) is 9.72 Å². The molecule has 1 aromatic heterocycles. The first-order chi connectivity index (χ1) is 6.97. The third-order valence-corrected chi connectivity index (χ3v) is 1.95. The molecular formula is C8H7ClF2N2O2. The lowest BCUT2D eigenvalue weighted by Crippen LogP contribution is -2.14. The molecule has 0 bridgehead atoms. The van der Waals surface area contributed by atoms with Crippen molar-refractivity contribution in [2.75, 3.05) is 7.11 Å². The van der Waals surface area contributed by atoms with Gasteiger partial charge in [0.2, 0.25) is 0 Å². The summed E-state index contributed by atoms with van der Waals surface area (Å²) in [5.41, 5.74) is 4.16. The van der Waals surface area contributed by atoms with Gasteiger partial charge < -0.3 is 10.5 Å². The van der Waals surface area contributed by atoms with Crippen molar-refractivity contribution in [3.05, 3.63) is 22.5 Å². The molecule has 0 aliphatic rings. The number of methoxy groups -OCH3 is 1. The minimum atomic E-state index is -2.83. The Morgan fingerprint density at radius 3 is 2.67 bits per heavy atom. The zero-order valence-corrected chi connectivity index (χ0v) is 8.39. The lowest BCUT2D eigenvalue weighted by Gasteiger charge is -2.09. The van der Waals surface area contributed by atoms with Crippen LogP contribution in [-0.2, 0) is 0 Å². The summed E-state index contributed by atoms with van der Waals surface area (Å²) in [7, 11) is 1.18. The number of carbonyl (C=O) groups excluding carboxylic acids is 1. The van der Waals surface area contributed by atoms with Crippen LogP contribution in [0.15, 0.2) is 6.07 Å². The predicted octanol–water partition coefficient (Wildman–Crippen LogP) is 1.78. The highest BCUT2D eigenvalue weighted by Crippen LogP contribution is 2.34. The number of primary amides is 1. The van der Waals surface area contributed by atoms with Gasteiger partial charge in [0.15, 0.2) is 0 Å². The van der Waals surface area contributed by atoms with E-state index in [0.717, 1.165) is 6.07 Å². The van der Waals surface area contributed by atoms with Gasteiger partial charge in [-0.1, -0.05) is 11.6 Å². The van der Waals surface area contributed by atoms with Crippen molar-refractivity contribution in [2.45, 2.75) is 6.43 Å². The average molecular weight is 237 g/mol. The Hall–Kier alpha value is -1.43. The molecule has 0 aromatic carbocycles. The molecule has 4 nitrogen and oxygen atoms in total. The van der Waals surface area contributed by atoms with E-state index in [9.17, 15) is 13.6 Å². The van der Waals surface area contributed by atoms with E-state index >= 15 is 0 Å². The van der Waals surface area contributed by atoms with Gasteiger partial charge in [0.25, 0.3) is 12.3 Å². The zero-order valence-electron chi connectivity index (χ0n) is 7.63. The molecule has 1 amide bonds. The SMILES string of the molecule is COc1cc(C(N)=O)nc(Cl)c1C(F)F. The number of pyridine rings is 1. The van der Waals surface area contributed by atoms with E-state index in [-0.39, 0.29) is 11.4 Å². The molecule has 0 saturated heterocycles. The summed E-state index contributed by atoms with van der Waals surface area (Å²) in [6, 6.07) is 1.02. The maximum absolute atomic E-state index is 12.5. The molecule has 1 rings (SSSR count). The van der Waals surface area contributed by atoms with Gasteiger partial charge >= 0.3 is 0 Å². The van der Waals surface area contributed by atoms with E-state index < -0.39 is 23.0 Å². The standard InChI is InChI=1S/C8H7ClF2N2O2/c1-15-4-2-3(8(12)14)13-6(9)5(4)7(10)11/h2,7H,1H3,(H2,12,14). The molecule has 0 unspecified atom stereocenters. The van der Waals surface area contributed by atoms with Gasteiger partial charge in [0, 0.05) is 6.07 Å². The van der Waals surface area contributed by atoms with Crippen LogP contribution in [0, 0.1) is 0 Å². The van der Waals surface area contributed by atoms with Crippen molar-refractivity contribution < 1.29 is 18.3 Å². The molecule has 0 radical (unpaired) electrons. The maximum atomic E-state index is 12.5. The topological polar surface area (TPSA) is 65.2 Å². The number of amides is 1. The number of hydrogen-bond donors (Lipinski definition) is 1. The number of carbonyl (C=O) groups is 1. The Morgan fingerprint density at radius 1 is 1.67 bits per heavy atom. The Morgan fingerprint density at radius 2 is 2.27 bits per heavy atom. The fraction of sp³-hybridized carbons (Fsp3) is 0.250. The second-order valence-corrected chi connectivity index (χ2v) is 2.94. The van der Waals surface area contributed by atoms with Crippen LogP contribution in [0.4, 0.5) is 8.78 Å². The van der Waals surface area contributed by atoms with Crippen LogP contribution in [0.5, 0.6) is 5.75 Å². The van der Waals surface area contributed by atoms with Crippen molar-refractivity contribution in [3.63, 3.8) is 0 Å². The summed E-state index contributed by atoms with van der Waals surface area (Å²) in [6.45, 7) is 0. The van der Waals surface area contributed by atoms with E-state index in [1.54, 1.807) is 0 Å². The number of rotatable bonds is 3. The van der Waals surface area contributed by atoms with E-state index in [4.69, 9.17) is 17.3 Å². The number of ether oxygens (including phenoxy) is 1. The Balaban J connectivity index is 3.37. The molecule has 82 valence electrons. The molecule has 0 fully saturated rings.